The summed E-state index contributed by atoms with van der Waals surface area (Å²) in [7, 11) is 0. The molecule has 1 atom stereocenters. The van der Waals surface area contributed by atoms with Crippen LogP contribution < -0.4 is 0 Å². The van der Waals surface area contributed by atoms with Crippen molar-refractivity contribution in [2.45, 2.75) is 337 Å². The molecule has 1 unspecified atom stereocenters. The lowest BCUT2D eigenvalue weighted by Crippen LogP contribution is -2.40. The summed E-state index contributed by atoms with van der Waals surface area (Å²) in [6, 6.07) is 0.374. The molecule has 0 saturated carbocycles. The molecule has 0 aliphatic rings. The van der Waals surface area contributed by atoms with Crippen LogP contribution in [-0.4, -0.2) is 41.8 Å². The first kappa shape index (κ1) is 62.6. The van der Waals surface area contributed by atoms with E-state index in [1.54, 1.807) is 0 Å². The van der Waals surface area contributed by atoms with Crippen LogP contribution in [-0.2, 0) is 19.1 Å². The van der Waals surface area contributed by atoms with Gasteiger partial charge in [0.1, 0.15) is 5.78 Å². The average Bonchev–Trinajstić information content (AvgIpc) is 3.29. The summed E-state index contributed by atoms with van der Waals surface area (Å²) in [5, 5.41) is 0. The molecule has 0 rings (SSSR count). The van der Waals surface area contributed by atoms with Gasteiger partial charge in [-0.15, -0.1) is 0 Å². The number of carbonyl (C=O) groups is 3. The van der Waals surface area contributed by atoms with E-state index in [1.807, 2.05) is 0 Å². The van der Waals surface area contributed by atoms with Gasteiger partial charge in [-0.2, -0.15) is 0 Å². The van der Waals surface area contributed by atoms with Crippen molar-refractivity contribution < 1.29 is 19.1 Å². The Labute approximate surface area is 401 Å². The molecule has 0 spiro atoms. The van der Waals surface area contributed by atoms with Crippen molar-refractivity contribution >= 4 is 17.7 Å². The molecule has 0 fully saturated rings. The van der Waals surface area contributed by atoms with Crippen LogP contribution in [0.25, 0.3) is 0 Å². The maximum absolute atomic E-state index is 13.5. The Morgan fingerprint density at radius 3 is 1.11 bits per heavy atom. The van der Waals surface area contributed by atoms with Crippen molar-refractivity contribution in [1.29, 1.82) is 0 Å². The summed E-state index contributed by atoms with van der Waals surface area (Å²) in [6.07, 6.45) is 53.5. The van der Waals surface area contributed by atoms with Crippen molar-refractivity contribution in [3.63, 3.8) is 0 Å². The molecule has 5 heteroatoms. The van der Waals surface area contributed by atoms with Crippen molar-refractivity contribution in [2.24, 2.45) is 11.8 Å². The highest BCUT2D eigenvalue weighted by molar-refractivity contribution is 5.80. The molecule has 0 aromatic heterocycles. The topological polar surface area (TPSA) is 63.7 Å². The zero-order valence-electron chi connectivity index (χ0n) is 44.5. The van der Waals surface area contributed by atoms with Gasteiger partial charge < -0.3 is 9.64 Å². The van der Waals surface area contributed by atoms with E-state index in [0.29, 0.717) is 49.0 Å². The van der Waals surface area contributed by atoms with Crippen LogP contribution in [0.15, 0.2) is 0 Å². The normalized spacial score (nSPS) is 12.1. The second-order valence-electron chi connectivity index (χ2n) is 20.5. The number of Topliss-reactive ketones (excluding diaryl/α,β-unsaturated/α-hetero) is 1. The van der Waals surface area contributed by atoms with E-state index >= 15 is 0 Å². The Kier molecular flexibility index (Phi) is 48.4. The van der Waals surface area contributed by atoms with Crippen molar-refractivity contribution in [2.75, 3.05) is 13.2 Å². The first-order chi connectivity index (χ1) is 31.4. The number of ether oxygens (including phenoxy) is 1. The van der Waals surface area contributed by atoms with Crippen LogP contribution >= 0.6 is 0 Å². The molecule has 0 aromatic rings. The summed E-state index contributed by atoms with van der Waals surface area (Å²) in [4.78, 5) is 41.6. The number of ketones is 1. The van der Waals surface area contributed by atoms with Gasteiger partial charge in [0.15, 0.2) is 0 Å². The summed E-state index contributed by atoms with van der Waals surface area (Å²) < 4.78 is 5.81. The molecule has 380 valence electrons. The molecule has 64 heavy (non-hydrogen) atoms. The van der Waals surface area contributed by atoms with Gasteiger partial charge in [0.05, 0.1) is 6.61 Å². The minimum atomic E-state index is 0.0119. The molecule has 0 N–H and O–H groups in total. The highest BCUT2D eigenvalue weighted by atomic mass is 16.5. The summed E-state index contributed by atoms with van der Waals surface area (Å²) in [5.74, 6) is 1.80. The van der Waals surface area contributed by atoms with Crippen LogP contribution in [0, 0.1) is 11.8 Å². The maximum Gasteiger partial charge on any atom is 0.305 e. The minimum Gasteiger partial charge on any atom is -0.465 e. The lowest BCUT2D eigenvalue weighted by Gasteiger charge is -2.31. The Morgan fingerprint density at radius 1 is 0.359 bits per heavy atom. The fourth-order valence-electron chi connectivity index (χ4n) is 10.0. The van der Waals surface area contributed by atoms with Crippen molar-refractivity contribution in [3.05, 3.63) is 0 Å². The van der Waals surface area contributed by atoms with Gasteiger partial charge in [0.25, 0.3) is 0 Å². The van der Waals surface area contributed by atoms with Gasteiger partial charge >= 0.3 is 5.97 Å². The van der Waals surface area contributed by atoms with Crippen LogP contribution in [0.2, 0.25) is 0 Å². The van der Waals surface area contributed by atoms with Gasteiger partial charge in [-0.05, 0) is 70.6 Å². The molecule has 5 nitrogen and oxygen atoms in total. The molecule has 0 heterocycles. The zero-order valence-corrected chi connectivity index (χ0v) is 44.5. The van der Waals surface area contributed by atoms with E-state index in [-0.39, 0.29) is 5.97 Å². The summed E-state index contributed by atoms with van der Waals surface area (Å²) in [6.45, 7) is 15.0. The Hall–Kier alpha value is -1.39. The number of esters is 1. The van der Waals surface area contributed by atoms with Gasteiger partial charge in [-0.25, -0.2) is 0 Å². The molecule has 1 amide bonds. The number of hydrogen-bond donors (Lipinski definition) is 0. The third-order valence-corrected chi connectivity index (χ3v) is 14.4. The molecule has 0 aliphatic heterocycles. The number of unbranched alkanes of at least 4 members (excludes halogenated alkanes) is 29. The maximum atomic E-state index is 13.5. The first-order valence-corrected chi connectivity index (χ1v) is 29.4. The SMILES string of the molecule is CCCCCCCCC(=O)N(CC)C(CCCCCCCCCC(=O)OCC(CCCCCC)CCCCCC)CCCCCCCCCC(=O)C(CCCCCC)CCCCCC. The third kappa shape index (κ3) is 39.7. The fourth-order valence-corrected chi connectivity index (χ4v) is 10.0. The highest BCUT2D eigenvalue weighted by Crippen LogP contribution is 2.24. The van der Waals surface area contributed by atoms with Crippen molar-refractivity contribution in [1.82, 2.24) is 4.90 Å². The average molecular weight is 903 g/mol. The number of hydrogen-bond acceptors (Lipinski definition) is 4. The standard InChI is InChI=1S/C59H115NO4/c1-7-13-18-23-33-42-51-58(62)60(12-6)56(48-39-30-26-24-28-32-41-50-57(61)55(46-37-21-16-10-4)47-38-22-17-11-5)49-40-31-27-25-29-34-43-52-59(63)64-53-54(44-35-19-14-8-2)45-36-20-15-9-3/h54-56H,7-53H2,1-6H3. The lowest BCUT2D eigenvalue weighted by atomic mass is 9.88. The zero-order chi connectivity index (χ0) is 47.0. The first-order valence-electron chi connectivity index (χ1n) is 29.4. The second kappa shape index (κ2) is 49.5. The van der Waals surface area contributed by atoms with Gasteiger partial charge in [-0.1, -0.05) is 247 Å². The predicted octanol–water partition coefficient (Wildman–Crippen LogP) is 19.2. The number of rotatable bonds is 52. The molecule has 0 saturated heterocycles. The molecule has 0 radical (unpaired) electrons. The molecular weight excluding hydrogens is 787 g/mol. The molecule has 0 aliphatic carbocycles. The van der Waals surface area contributed by atoms with E-state index in [0.717, 1.165) is 64.3 Å². The number of carbonyl (C=O) groups excluding carboxylic acids is 3. The quantitative estimate of drug-likeness (QED) is 0.0451. The molecular formula is C59H115NO4. The van der Waals surface area contributed by atoms with Gasteiger partial charge in [0, 0.05) is 37.8 Å². The Bertz CT molecular complexity index is 973. The lowest BCUT2D eigenvalue weighted by molar-refractivity contribution is -0.145. The van der Waals surface area contributed by atoms with Crippen LogP contribution in [0.5, 0.6) is 0 Å². The van der Waals surface area contributed by atoms with Crippen LogP contribution in [0.4, 0.5) is 0 Å². The predicted molar refractivity (Wildman–Crippen MR) is 280 cm³/mol. The smallest absolute Gasteiger partial charge is 0.305 e. The number of nitrogens with zero attached hydrogens (tertiary/aromatic N) is 1. The number of amides is 1. The Morgan fingerprint density at radius 2 is 0.688 bits per heavy atom. The monoisotopic (exact) mass is 902 g/mol. The van der Waals surface area contributed by atoms with Crippen molar-refractivity contribution in [3.8, 4) is 0 Å². The third-order valence-electron chi connectivity index (χ3n) is 14.4. The molecule has 0 aromatic carbocycles. The largest absolute Gasteiger partial charge is 0.465 e. The van der Waals surface area contributed by atoms with Crippen LogP contribution in [0.3, 0.4) is 0 Å². The van der Waals surface area contributed by atoms with E-state index in [1.165, 1.54) is 218 Å². The van der Waals surface area contributed by atoms with Gasteiger partial charge in [0.2, 0.25) is 5.91 Å². The van der Waals surface area contributed by atoms with E-state index in [9.17, 15) is 14.4 Å². The van der Waals surface area contributed by atoms with Gasteiger partial charge in [-0.3, -0.25) is 14.4 Å². The fraction of sp³-hybridized carbons (Fsp3) is 0.949. The van der Waals surface area contributed by atoms with Crippen LogP contribution in [0.1, 0.15) is 330 Å². The second-order valence-corrected chi connectivity index (χ2v) is 20.5. The summed E-state index contributed by atoms with van der Waals surface area (Å²) in [5.41, 5.74) is 0. The Balaban J connectivity index is 4.66. The van der Waals surface area contributed by atoms with E-state index in [2.05, 4.69) is 46.4 Å². The minimum absolute atomic E-state index is 0.0119. The van der Waals surface area contributed by atoms with E-state index in [4.69, 9.17) is 4.74 Å². The van der Waals surface area contributed by atoms with E-state index < -0.39 is 0 Å². The highest BCUT2D eigenvalue weighted by Gasteiger charge is 2.22. The summed E-state index contributed by atoms with van der Waals surface area (Å²) >= 11 is 0. The molecule has 0 bridgehead atoms.